The summed E-state index contributed by atoms with van der Waals surface area (Å²) in [5.74, 6) is 0. The molecule has 0 amide bonds. The smallest absolute Gasteiger partial charge is 0.0767 e. The molecule has 0 aromatic heterocycles. The van der Waals surface area contributed by atoms with Crippen LogP contribution in [0.3, 0.4) is 0 Å². The molecule has 2 N–H and O–H groups in total. The van der Waals surface area contributed by atoms with Gasteiger partial charge >= 0.3 is 0 Å². The fourth-order valence-electron chi connectivity index (χ4n) is 2.19. The highest BCUT2D eigenvalue weighted by Crippen LogP contribution is 2.22. The van der Waals surface area contributed by atoms with E-state index < -0.39 is 0 Å². The first-order valence-electron chi connectivity index (χ1n) is 6.52. The Morgan fingerprint density at radius 2 is 2.06 bits per heavy atom. The molecule has 0 radical (unpaired) electrons. The zero-order valence-electron chi connectivity index (χ0n) is 11.3. The Labute approximate surface area is 109 Å². The molecule has 18 heavy (non-hydrogen) atoms. The molecule has 100 valence electrons. The molecule has 1 aromatic carbocycles. The van der Waals surface area contributed by atoms with Gasteiger partial charge in [-0.1, -0.05) is 0 Å². The van der Waals surface area contributed by atoms with E-state index in [4.69, 9.17) is 10.5 Å². The number of benzene rings is 1. The summed E-state index contributed by atoms with van der Waals surface area (Å²) in [6, 6.07) is 8.07. The maximum atomic E-state index is 5.88. The number of rotatable bonds is 5. The molecule has 4 heteroatoms. The van der Waals surface area contributed by atoms with Crippen molar-refractivity contribution in [2.45, 2.75) is 12.5 Å². The van der Waals surface area contributed by atoms with Crippen LogP contribution in [0.4, 0.5) is 11.4 Å². The van der Waals surface area contributed by atoms with Crippen LogP contribution >= 0.6 is 0 Å². The summed E-state index contributed by atoms with van der Waals surface area (Å²) in [5, 5.41) is 0. The van der Waals surface area contributed by atoms with Crippen molar-refractivity contribution in [3.8, 4) is 0 Å². The van der Waals surface area contributed by atoms with Gasteiger partial charge in [-0.05, 0) is 44.8 Å². The van der Waals surface area contributed by atoms with E-state index in [0.29, 0.717) is 6.10 Å². The Kier molecular flexibility index (Phi) is 4.44. The number of ether oxygens (including phenoxy) is 1. The standard InChI is InChI=1S/C14H23N3O/c1-16(2)9-10-18-14-7-8-17(11-14)13-5-3-12(15)4-6-13/h3-6,14H,7-11,15H2,1-2H3. The number of nitrogen functional groups attached to an aromatic ring is 1. The Morgan fingerprint density at radius 3 is 2.72 bits per heavy atom. The fraction of sp³-hybridized carbons (Fsp3) is 0.571. The number of likely N-dealkylation sites (N-methyl/N-ethyl adjacent to an activating group) is 1. The molecule has 0 bridgehead atoms. The van der Waals surface area contributed by atoms with Crippen molar-refractivity contribution in [1.82, 2.24) is 4.90 Å². The van der Waals surface area contributed by atoms with Gasteiger partial charge in [0.1, 0.15) is 0 Å². The van der Waals surface area contributed by atoms with E-state index in [0.717, 1.165) is 38.3 Å². The molecule has 1 aliphatic heterocycles. The SMILES string of the molecule is CN(C)CCOC1CCN(c2ccc(N)cc2)C1. The van der Waals surface area contributed by atoms with Gasteiger partial charge in [-0.25, -0.2) is 0 Å². The Morgan fingerprint density at radius 1 is 1.33 bits per heavy atom. The molecule has 1 atom stereocenters. The molecule has 1 saturated heterocycles. The van der Waals surface area contributed by atoms with Crippen LogP contribution < -0.4 is 10.6 Å². The Bertz CT molecular complexity index is 364. The van der Waals surface area contributed by atoms with Crippen LogP contribution in [-0.2, 0) is 4.74 Å². The van der Waals surface area contributed by atoms with E-state index in [-0.39, 0.29) is 0 Å². The number of anilines is 2. The van der Waals surface area contributed by atoms with Gasteiger partial charge in [0, 0.05) is 31.0 Å². The highest BCUT2D eigenvalue weighted by Gasteiger charge is 2.22. The van der Waals surface area contributed by atoms with Crippen molar-refractivity contribution in [3.05, 3.63) is 24.3 Å². The second-order valence-corrected chi connectivity index (χ2v) is 5.12. The number of nitrogens with zero attached hydrogens (tertiary/aromatic N) is 2. The van der Waals surface area contributed by atoms with Gasteiger partial charge in [0.2, 0.25) is 0 Å². The van der Waals surface area contributed by atoms with Crippen LogP contribution in [0, 0.1) is 0 Å². The zero-order valence-corrected chi connectivity index (χ0v) is 11.3. The lowest BCUT2D eigenvalue weighted by atomic mass is 10.2. The average Bonchev–Trinajstić information content (AvgIpc) is 2.78. The quantitative estimate of drug-likeness (QED) is 0.802. The van der Waals surface area contributed by atoms with Crippen molar-refractivity contribution < 1.29 is 4.74 Å². The van der Waals surface area contributed by atoms with Gasteiger partial charge in [0.25, 0.3) is 0 Å². The highest BCUT2D eigenvalue weighted by molar-refractivity contribution is 5.53. The minimum Gasteiger partial charge on any atom is -0.399 e. The van der Waals surface area contributed by atoms with E-state index in [1.807, 2.05) is 12.1 Å². The first kappa shape index (κ1) is 13.2. The van der Waals surface area contributed by atoms with Crippen LogP contribution in [0.25, 0.3) is 0 Å². The van der Waals surface area contributed by atoms with Crippen LogP contribution in [0.5, 0.6) is 0 Å². The first-order chi connectivity index (χ1) is 8.65. The largest absolute Gasteiger partial charge is 0.399 e. The van der Waals surface area contributed by atoms with E-state index >= 15 is 0 Å². The van der Waals surface area contributed by atoms with Crippen molar-refractivity contribution >= 4 is 11.4 Å². The van der Waals surface area contributed by atoms with E-state index in [2.05, 4.69) is 36.0 Å². The van der Waals surface area contributed by atoms with Crippen LogP contribution in [0.2, 0.25) is 0 Å². The lowest BCUT2D eigenvalue weighted by molar-refractivity contribution is 0.0581. The van der Waals surface area contributed by atoms with Gasteiger partial charge in [-0.15, -0.1) is 0 Å². The minimum atomic E-state index is 0.363. The van der Waals surface area contributed by atoms with E-state index in [1.165, 1.54) is 5.69 Å². The Balaban J connectivity index is 1.79. The first-order valence-corrected chi connectivity index (χ1v) is 6.52. The number of hydrogen-bond donors (Lipinski definition) is 1. The summed E-state index contributed by atoms with van der Waals surface area (Å²) in [6.45, 7) is 3.85. The molecular weight excluding hydrogens is 226 g/mol. The normalized spacial score (nSPS) is 19.7. The van der Waals surface area contributed by atoms with Crippen LogP contribution in [0.15, 0.2) is 24.3 Å². The highest BCUT2D eigenvalue weighted by atomic mass is 16.5. The third kappa shape index (κ3) is 3.62. The maximum Gasteiger partial charge on any atom is 0.0767 e. The van der Waals surface area contributed by atoms with Crippen molar-refractivity contribution in [2.75, 3.05) is 51.0 Å². The molecule has 0 aliphatic carbocycles. The fourth-order valence-corrected chi connectivity index (χ4v) is 2.19. The van der Waals surface area contributed by atoms with Gasteiger partial charge in [0.05, 0.1) is 12.7 Å². The van der Waals surface area contributed by atoms with Crippen LogP contribution in [0.1, 0.15) is 6.42 Å². The van der Waals surface area contributed by atoms with Gasteiger partial charge < -0.3 is 20.3 Å². The second kappa shape index (κ2) is 6.07. The van der Waals surface area contributed by atoms with Gasteiger partial charge in [-0.3, -0.25) is 0 Å². The summed E-state index contributed by atoms with van der Waals surface area (Å²) >= 11 is 0. The molecule has 0 saturated carbocycles. The topological polar surface area (TPSA) is 41.7 Å². The summed E-state index contributed by atoms with van der Waals surface area (Å²) in [6.07, 6.45) is 1.47. The average molecular weight is 249 g/mol. The van der Waals surface area contributed by atoms with Gasteiger partial charge in [-0.2, -0.15) is 0 Å². The predicted molar refractivity (Wildman–Crippen MR) is 76.0 cm³/mol. The lowest BCUT2D eigenvalue weighted by Crippen LogP contribution is -2.25. The summed E-state index contributed by atoms with van der Waals surface area (Å²) in [7, 11) is 4.14. The molecule has 1 aliphatic rings. The predicted octanol–water partition coefficient (Wildman–Crippen LogP) is 1.43. The number of nitrogens with two attached hydrogens (primary N) is 1. The number of hydrogen-bond acceptors (Lipinski definition) is 4. The molecule has 1 aromatic rings. The van der Waals surface area contributed by atoms with Crippen molar-refractivity contribution in [3.63, 3.8) is 0 Å². The monoisotopic (exact) mass is 249 g/mol. The lowest BCUT2D eigenvalue weighted by Gasteiger charge is -2.19. The Hall–Kier alpha value is -1.26. The summed E-state index contributed by atoms with van der Waals surface area (Å²) in [5.41, 5.74) is 7.75. The van der Waals surface area contributed by atoms with Crippen molar-refractivity contribution in [1.29, 1.82) is 0 Å². The molecule has 1 fully saturated rings. The maximum absolute atomic E-state index is 5.88. The van der Waals surface area contributed by atoms with E-state index in [9.17, 15) is 0 Å². The zero-order chi connectivity index (χ0) is 13.0. The molecule has 1 heterocycles. The molecule has 0 spiro atoms. The van der Waals surface area contributed by atoms with E-state index in [1.54, 1.807) is 0 Å². The molecule has 2 rings (SSSR count). The summed E-state index contributed by atoms with van der Waals surface area (Å²) < 4.78 is 5.88. The van der Waals surface area contributed by atoms with Crippen molar-refractivity contribution in [2.24, 2.45) is 0 Å². The molecular formula is C14H23N3O. The van der Waals surface area contributed by atoms with Crippen LogP contribution in [-0.4, -0.2) is 51.3 Å². The second-order valence-electron chi connectivity index (χ2n) is 5.12. The molecule has 1 unspecified atom stereocenters. The minimum absolute atomic E-state index is 0.363. The van der Waals surface area contributed by atoms with Gasteiger partial charge in [0.15, 0.2) is 0 Å². The third-order valence-corrected chi connectivity index (χ3v) is 3.30. The third-order valence-electron chi connectivity index (χ3n) is 3.30. The summed E-state index contributed by atoms with van der Waals surface area (Å²) in [4.78, 5) is 4.51. The molecule has 4 nitrogen and oxygen atoms in total.